The fraction of sp³-hybridized carbons (Fsp3) is 0.429. The molecule has 0 aliphatic heterocycles. The van der Waals surface area contributed by atoms with Crippen LogP contribution in [-0.2, 0) is 11.3 Å². The van der Waals surface area contributed by atoms with Crippen LogP contribution in [0.5, 0.6) is 0 Å². The molecule has 1 atom stereocenters. The first-order chi connectivity index (χ1) is 9.40. The van der Waals surface area contributed by atoms with Crippen molar-refractivity contribution in [1.29, 1.82) is 0 Å². The van der Waals surface area contributed by atoms with E-state index in [1.54, 1.807) is 0 Å². The Morgan fingerprint density at radius 3 is 2.50 bits per heavy atom. The van der Waals surface area contributed by atoms with E-state index in [1.807, 2.05) is 38.1 Å². The van der Waals surface area contributed by atoms with Gasteiger partial charge in [-0.05, 0) is 17.5 Å². The zero-order valence-electron chi connectivity index (χ0n) is 11.5. The number of amides is 2. The summed E-state index contributed by atoms with van der Waals surface area (Å²) in [5, 5.41) is 14.2. The molecule has 0 aliphatic rings. The van der Waals surface area contributed by atoms with Crippen LogP contribution in [0.1, 0.15) is 25.8 Å². The van der Waals surface area contributed by atoms with Crippen LogP contribution in [0.25, 0.3) is 0 Å². The Bertz CT molecular complexity index is 477. The summed E-state index contributed by atoms with van der Waals surface area (Å²) < 4.78 is 0.922. The minimum Gasteiger partial charge on any atom is -0.481 e. The predicted octanol–water partition coefficient (Wildman–Crippen LogP) is 2.75. The quantitative estimate of drug-likeness (QED) is 0.743. The highest BCUT2D eigenvalue weighted by atomic mass is 79.9. The number of hydrogen-bond donors (Lipinski definition) is 3. The fourth-order valence-corrected chi connectivity index (χ4v) is 2.10. The third kappa shape index (κ3) is 5.61. The van der Waals surface area contributed by atoms with E-state index in [0.29, 0.717) is 6.54 Å². The summed E-state index contributed by atoms with van der Waals surface area (Å²) in [6.07, 6.45) is -0.0832. The van der Waals surface area contributed by atoms with Gasteiger partial charge in [-0.2, -0.15) is 0 Å². The van der Waals surface area contributed by atoms with Gasteiger partial charge in [0.1, 0.15) is 0 Å². The van der Waals surface area contributed by atoms with Gasteiger partial charge in [-0.1, -0.05) is 48.0 Å². The van der Waals surface area contributed by atoms with Gasteiger partial charge in [-0.3, -0.25) is 4.79 Å². The van der Waals surface area contributed by atoms with E-state index >= 15 is 0 Å². The lowest BCUT2D eigenvalue weighted by atomic mass is 10.0. The van der Waals surface area contributed by atoms with Crippen LogP contribution in [-0.4, -0.2) is 23.1 Å². The van der Waals surface area contributed by atoms with Crippen LogP contribution in [0.15, 0.2) is 28.7 Å². The van der Waals surface area contributed by atoms with Gasteiger partial charge < -0.3 is 15.7 Å². The highest BCUT2D eigenvalue weighted by Gasteiger charge is 2.19. The molecule has 0 heterocycles. The summed E-state index contributed by atoms with van der Waals surface area (Å²) in [4.78, 5) is 22.5. The molecule has 0 radical (unpaired) electrons. The van der Waals surface area contributed by atoms with Crippen molar-refractivity contribution in [3.63, 3.8) is 0 Å². The Labute approximate surface area is 126 Å². The zero-order valence-corrected chi connectivity index (χ0v) is 13.1. The number of carboxylic acid groups (broad SMARTS) is 1. The second kappa shape index (κ2) is 7.89. The Kier molecular flexibility index (Phi) is 6.51. The standard InChI is InChI=1S/C14H19BrN2O3/c1-9(2)12(7-13(18)19)17-14(20)16-8-10-5-3-4-6-11(10)15/h3-6,9,12H,7-8H2,1-2H3,(H,18,19)(H2,16,17,20). The van der Waals surface area contributed by atoms with Crippen molar-refractivity contribution in [2.75, 3.05) is 0 Å². The smallest absolute Gasteiger partial charge is 0.315 e. The maximum Gasteiger partial charge on any atom is 0.315 e. The summed E-state index contributed by atoms with van der Waals surface area (Å²) in [5.41, 5.74) is 0.960. The second-order valence-electron chi connectivity index (χ2n) is 4.87. The van der Waals surface area contributed by atoms with E-state index in [9.17, 15) is 9.59 Å². The van der Waals surface area contributed by atoms with E-state index in [0.717, 1.165) is 10.0 Å². The fourth-order valence-electron chi connectivity index (χ4n) is 1.68. The highest BCUT2D eigenvalue weighted by Crippen LogP contribution is 2.15. The SMILES string of the molecule is CC(C)C(CC(=O)O)NC(=O)NCc1ccccc1Br. The van der Waals surface area contributed by atoms with Crippen molar-refractivity contribution in [2.45, 2.75) is 32.9 Å². The van der Waals surface area contributed by atoms with Crippen LogP contribution < -0.4 is 10.6 Å². The van der Waals surface area contributed by atoms with Crippen molar-refractivity contribution < 1.29 is 14.7 Å². The van der Waals surface area contributed by atoms with Crippen LogP contribution in [0, 0.1) is 5.92 Å². The molecule has 0 spiro atoms. The molecule has 1 rings (SSSR count). The zero-order chi connectivity index (χ0) is 15.1. The highest BCUT2D eigenvalue weighted by molar-refractivity contribution is 9.10. The lowest BCUT2D eigenvalue weighted by Gasteiger charge is -2.21. The van der Waals surface area contributed by atoms with Gasteiger partial charge in [0.2, 0.25) is 0 Å². The van der Waals surface area contributed by atoms with Crippen LogP contribution in [0.2, 0.25) is 0 Å². The molecule has 0 saturated heterocycles. The first-order valence-electron chi connectivity index (χ1n) is 6.39. The molecule has 20 heavy (non-hydrogen) atoms. The van der Waals surface area contributed by atoms with Gasteiger partial charge in [0.25, 0.3) is 0 Å². The molecule has 0 aliphatic carbocycles. The average molecular weight is 343 g/mol. The number of carboxylic acids is 1. The summed E-state index contributed by atoms with van der Waals surface area (Å²) in [6, 6.07) is 6.85. The minimum absolute atomic E-state index is 0.0558. The number of urea groups is 1. The molecule has 6 heteroatoms. The van der Waals surface area contributed by atoms with Crippen molar-refractivity contribution in [2.24, 2.45) is 5.92 Å². The maximum absolute atomic E-state index is 11.8. The van der Waals surface area contributed by atoms with E-state index in [4.69, 9.17) is 5.11 Å². The van der Waals surface area contributed by atoms with Crippen LogP contribution >= 0.6 is 15.9 Å². The minimum atomic E-state index is -0.921. The maximum atomic E-state index is 11.8. The molecule has 5 nitrogen and oxygen atoms in total. The number of carbonyl (C=O) groups is 2. The molecule has 3 N–H and O–H groups in total. The molecule has 0 bridgehead atoms. The summed E-state index contributed by atoms with van der Waals surface area (Å²) in [5.74, 6) is -0.866. The van der Waals surface area contributed by atoms with Crippen molar-refractivity contribution >= 4 is 27.9 Å². The Morgan fingerprint density at radius 1 is 1.30 bits per heavy atom. The number of benzene rings is 1. The molecule has 0 fully saturated rings. The normalized spacial score (nSPS) is 12.0. The van der Waals surface area contributed by atoms with E-state index in [2.05, 4.69) is 26.6 Å². The first kappa shape index (κ1) is 16.5. The average Bonchev–Trinajstić information content (AvgIpc) is 2.36. The molecule has 2 amide bonds. The van der Waals surface area contributed by atoms with E-state index in [1.165, 1.54) is 0 Å². The number of aliphatic carboxylic acids is 1. The topological polar surface area (TPSA) is 78.4 Å². The van der Waals surface area contributed by atoms with Crippen LogP contribution in [0.4, 0.5) is 4.79 Å². The van der Waals surface area contributed by atoms with Crippen molar-refractivity contribution in [1.82, 2.24) is 10.6 Å². The predicted molar refractivity (Wildman–Crippen MR) is 80.4 cm³/mol. The summed E-state index contributed by atoms with van der Waals surface area (Å²) >= 11 is 3.40. The number of nitrogens with one attached hydrogen (secondary N) is 2. The summed E-state index contributed by atoms with van der Waals surface area (Å²) in [6.45, 7) is 4.13. The number of rotatable bonds is 6. The molecule has 0 saturated carbocycles. The van der Waals surface area contributed by atoms with Gasteiger partial charge in [-0.15, -0.1) is 0 Å². The number of hydrogen-bond acceptors (Lipinski definition) is 2. The number of carbonyl (C=O) groups excluding carboxylic acids is 1. The molecular formula is C14H19BrN2O3. The molecule has 0 aromatic heterocycles. The molecule has 1 unspecified atom stereocenters. The van der Waals surface area contributed by atoms with Crippen LogP contribution in [0.3, 0.4) is 0 Å². The van der Waals surface area contributed by atoms with Gasteiger partial charge >= 0.3 is 12.0 Å². The Balaban J connectivity index is 2.50. The largest absolute Gasteiger partial charge is 0.481 e. The molecule has 1 aromatic carbocycles. The second-order valence-corrected chi connectivity index (χ2v) is 5.72. The summed E-state index contributed by atoms with van der Waals surface area (Å²) in [7, 11) is 0. The van der Waals surface area contributed by atoms with Crippen molar-refractivity contribution in [3.05, 3.63) is 34.3 Å². The monoisotopic (exact) mass is 342 g/mol. The Morgan fingerprint density at radius 2 is 1.95 bits per heavy atom. The molecule has 1 aromatic rings. The van der Waals surface area contributed by atoms with Gasteiger partial charge in [-0.25, -0.2) is 4.79 Å². The third-order valence-electron chi connectivity index (χ3n) is 2.91. The molecule has 110 valence electrons. The van der Waals surface area contributed by atoms with E-state index < -0.39 is 5.97 Å². The lowest BCUT2D eigenvalue weighted by Crippen LogP contribution is -2.45. The third-order valence-corrected chi connectivity index (χ3v) is 3.69. The number of halogens is 1. The van der Waals surface area contributed by atoms with Gasteiger partial charge in [0, 0.05) is 17.1 Å². The first-order valence-corrected chi connectivity index (χ1v) is 7.19. The Hall–Kier alpha value is -1.56. The van der Waals surface area contributed by atoms with Gasteiger partial charge in [0.05, 0.1) is 6.42 Å². The van der Waals surface area contributed by atoms with Crippen molar-refractivity contribution in [3.8, 4) is 0 Å². The van der Waals surface area contributed by atoms with Gasteiger partial charge in [0.15, 0.2) is 0 Å². The molecular weight excluding hydrogens is 324 g/mol. The lowest BCUT2D eigenvalue weighted by molar-refractivity contribution is -0.137. The van der Waals surface area contributed by atoms with E-state index in [-0.39, 0.29) is 24.4 Å².